The van der Waals surface area contributed by atoms with Crippen LogP contribution in [0.4, 0.5) is 8.78 Å². The summed E-state index contributed by atoms with van der Waals surface area (Å²) in [7, 11) is 0.626. The Hall–Kier alpha value is -1.25. The van der Waals surface area contributed by atoms with E-state index in [-0.39, 0.29) is 6.61 Å². The molecule has 1 aromatic carbocycles. The molecule has 0 amide bonds. The predicted molar refractivity (Wildman–Crippen MR) is 75.7 cm³/mol. The van der Waals surface area contributed by atoms with Gasteiger partial charge in [-0.25, -0.2) is 12.8 Å². The van der Waals surface area contributed by atoms with Crippen molar-refractivity contribution in [3.05, 3.63) is 52.3 Å². The normalized spacial score (nSPS) is 11.4. The van der Waals surface area contributed by atoms with E-state index in [1.807, 2.05) is 0 Å². The SMILES string of the molecule is O=S(=O)(Cl)c1ccc(OCc2ccc(Br)cn2)c(F)c1F. The van der Waals surface area contributed by atoms with Crippen LogP contribution in [0.2, 0.25) is 0 Å². The van der Waals surface area contributed by atoms with Crippen LogP contribution in [0.25, 0.3) is 0 Å². The molecule has 1 heterocycles. The van der Waals surface area contributed by atoms with Crippen molar-refractivity contribution in [2.45, 2.75) is 11.5 Å². The van der Waals surface area contributed by atoms with Gasteiger partial charge < -0.3 is 4.74 Å². The van der Waals surface area contributed by atoms with E-state index in [4.69, 9.17) is 15.4 Å². The van der Waals surface area contributed by atoms with Crippen LogP contribution in [0, 0.1) is 11.6 Å². The molecule has 0 saturated heterocycles. The van der Waals surface area contributed by atoms with Gasteiger partial charge in [-0.1, -0.05) is 0 Å². The van der Waals surface area contributed by atoms with Crippen molar-refractivity contribution in [2.24, 2.45) is 0 Å². The van der Waals surface area contributed by atoms with E-state index in [0.29, 0.717) is 5.69 Å². The minimum Gasteiger partial charge on any atom is -0.484 e. The van der Waals surface area contributed by atoms with Gasteiger partial charge >= 0.3 is 0 Å². The molecule has 0 aliphatic heterocycles. The Kier molecular flexibility index (Phi) is 4.80. The second-order valence-electron chi connectivity index (χ2n) is 3.88. The van der Waals surface area contributed by atoms with Crippen LogP contribution in [0.3, 0.4) is 0 Å². The first kappa shape index (κ1) is 16.1. The van der Waals surface area contributed by atoms with Gasteiger partial charge in [0.25, 0.3) is 9.05 Å². The van der Waals surface area contributed by atoms with E-state index in [1.54, 1.807) is 12.1 Å². The largest absolute Gasteiger partial charge is 0.484 e. The van der Waals surface area contributed by atoms with E-state index >= 15 is 0 Å². The van der Waals surface area contributed by atoms with Crippen molar-refractivity contribution in [3.8, 4) is 5.75 Å². The highest BCUT2D eigenvalue weighted by atomic mass is 79.9. The summed E-state index contributed by atoms with van der Waals surface area (Å²) in [5, 5.41) is 0. The van der Waals surface area contributed by atoms with E-state index < -0.39 is 31.3 Å². The molecule has 0 N–H and O–H groups in total. The summed E-state index contributed by atoms with van der Waals surface area (Å²) in [4.78, 5) is 3.06. The lowest BCUT2D eigenvalue weighted by Gasteiger charge is -2.08. The summed E-state index contributed by atoms with van der Waals surface area (Å²) >= 11 is 3.21. The highest BCUT2D eigenvalue weighted by molar-refractivity contribution is 9.10. The van der Waals surface area contributed by atoms with Crippen LogP contribution in [0.5, 0.6) is 5.75 Å². The van der Waals surface area contributed by atoms with Crippen molar-refractivity contribution < 1.29 is 21.9 Å². The Bertz CT molecular complexity index is 769. The molecule has 0 fully saturated rings. The highest BCUT2D eigenvalue weighted by Gasteiger charge is 2.22. The van der Waals surface area contributed by atoms with Gasteiger partial charge in [-0.3, -0.25) is 4.98 Å². The lowest BCUT2D eigenvalue weighted by atomic mass is 10.3. The fourth-order valence-corrected chi connectivity index (χ4v) is 2.58. The number of hydrogen-bond acceptors (Lipinski definition) is 4. The fraction of sp³-hybridized carbons (Fsp3) is 0.0833. The topological polar surface area (TPSA) is 56.3 Å². The quantitative estimate of drug-likeness (QED) is 0.738. The standard InChI is InChI=1S/C12H7BrClF2NO3S/c13-7-1-2-8(17-5-7)6-20-9-3-4-10(21(14,18)19)12(16)11(9)15/h1-5H,6H2. The Morgan fingerprint density at radius 3 is 2.48 bits per heavy atom. The van der Waals surface area contributed by atoms with Gasteiger partial charge in [0, 0.05) is 21.4 Å². The molecular weight excluding hydrogens is 392 g/mol. The van der Waals surface area contributed by atoms with Crippen LogP contribution in [-0.4, -0.2) is 13.4 Å². The zero-order valence-corrected chi connectivity index (χ0v) is 13.3. The highest BCUT2D eigenvalue weighted by Crippen LogP contribution is 2.28. The zero-order valence-electron chi connectivity index (χ0n) is 10.2. The first-order valence-corrected chi connectivity index (χ1v) is 8.55. The third kappa shape index (κ3) is 3.90. The molecule has 0 atom stereocenters. The average molecular weight is 399 g/mol. The Labute approximate surface area is 132 Å². The molecular formula is C12H7BrClF2NO3S. The van der Waals surface area contributed by atoms with Gasteiger partial charge in [-0.15, -0.1) is 0 Å². The summed E-state index contributed by atoms with van der Waals surface area (Å²) in [6.45, 7) is -0.101. The van der Waals surface area contributed by atoms with E-state index in [2.05, 4.69) is 20.9 Å². The minimum absolute atomic E-state index is 0.101. The molecule has 0 saturated carbocycles. The number of pyridine rings is 1. The molecule has 0 radical (unpaired) electrons. The summed E-state index contributed by atoms with van der Waals surface area (Å²) in [5.41, 5.74) is 0.493. The third-order valence-electron chi connectivity index (χ3n) is 2.44. The maximum Gasteiger partial charge on any atom is 0.264 e. The van der Waals surface area contributed by atoms with Gasteiger partial charge in [-0.05, 0) is 40.2 Å². The molecule has 0 aliphatic carbocycles. The van der Waals surface area contributed by atoms with Gasteiger partial charge in [0.15, 0.2) is 11.6 Å². The summed E-state index contributed by atoms with van der Waals surface area (Å²) in [6.07, 6.45) is 1.53. The van der Waals surface area contributed by atoms with Crippen LogP contribution >= 0.6 is 26.6 Å². The lowest BCUT2D eigenvalue weighted by Crippen LogP contribution is -2.04. The van der Waals surface area contributed by atoms with Crippen LogP contribution < -0.4 is 4.74 Å². The lowest BCUT2D eigenvalue weighted by molar-refractivity contribution is 0.279. The molecule has 9 heteroatoms. The smallest absolute Gasteiger partial charge is 0.264 e. The first-order valence-electron chi connectivity index (χ1n) is 5.45. The van der Waals surface area contributed by atoms with Crippen molar-refractivity contribution in [1.29, 1.82) is 0 Å². The maximum atomic E-state index is 13.7. The zero-order chi connectivity index (χ0) is 15.6. The molecule has 112 valence electrons. The molecule has 0 unspecified atom stereocenters. The van der Waals surface area contributed by atoms with Crippen molar-refractivity contribution in [2.75, 3.05) is 0 Å². The fourth-order valence-electron chi connectivity index (χ4n) is 1.46. The Balaban J connectivity index is 2.22. The predicted octanol–water partition coefficient (Wildman–Crippen LogP) is 3.63. The molecule has 2 rings (SSSR count). The molecule has 0 bridgehead atoms. The van der Waals surface area contributed by atoms with Crippen molar-refractivity contribution in [3.63, 3.8) is 0 Å². The van der Waals surface area contributed by atoms with E-state index in [0.717, 1.165) is 16.6 Å². The van der Waals surface area contributed by atoms with E-state index in [1.165, 1.54) is 6.20 Å². The van der Waals surface area contributed by atoms with Gasteiger partial charge in [-0.2, -0.15) is 4.39 Å². The van der Waals surface area contributed by atoms with Gasteiger partial charge in [0.1, 0.15) is 11.5 Å². The van der Waals surface area contributed by atoms with Crippen molar-refractivity contribution >= 4 is 35.7 Å². The second-order valence-corrected chi connectivity index (χ2v) is 7.33. The minimum atomic E-state index is -4.36. The van der Waals surface area contributed by atoms with Crippen molar-refractivity contribution in [1.82, 2.24) is 4.98 Å². The molecule has 4 nitrogen and oxygen atoms in total. The number of aromatic nitrogens is 1. The molecule has 0 aliphatic rings. The second kappa shape index (κ2) is 6.25. The number of hydrogen-bond donors (Lipinski definition) is 0. The summed E-state index contributed by atoms with van der Waals surface area (Å²) < 4.78 is 55.2. The number of benzene rings is 1. The van der Waals surface area contributed by atoms with E-state index in [9.17, 15) is 17.2 Å². The number of rotatable bonds is 4. The van der Waals surface area contributed by atoms with Gasteiger partial charge in [0.05, 0.1) is 5.69 Å². The van der Waals surface area contributed by atoms with Crippen LogP contribution in [0.15, 0.2) is 39.8 Å². The Morgan fingerprint density at radius 2 is 1.90 bits per heavy atom. The van der Waals surface area contributed by atoms with Crippen LogP contribution in [-0.2, 0) is 15.7 Å². The molecule has 0 spiro atoms. The van der Waals surface area contributed by atoms with Crippen LogP contribution in [0.1, 0.15) is 5.69 Å². The number of nitrogens with zero attached hydrogens (tertiary/aromatic N) is 1. The number of ether oxygens (including phenoxy) is 1. The first-order chi connectivity index (χ1) is 9.79. The third-order valence-corrected chi connectivity index (χ3v) is 4.25. The molecule has 1 aromatic heterocycles. The molecule has 2 aromatic rings. The monoisotopic (exact) mass is 397 g/mol. The summed E-state index contributed by atoms with van der Waals surface area (Å²) in [6, 6.07) is 5.18. The molecule has 21 heavy (non-hydrogen) atoms. The van der Waals surface area contributed by atoms with Gasteiger partial charge in [0.2, 0.25) is 5.82 Å². The average Bonchev–Trinajstić information content (AvgIpc) is 2.41. The number of halogens is 4. The Morgan fingerprint density at radius 1 is 1.19 bits per heavy atom. The summed E-state index contributed by atoms with van der Waals surface area (Å²) in [5.74, 6) is -3.43. The maximum absolute atomic E-state index is 13.7.